The molecule has 0 aliphatic rings. The molecule has 1 N–H and O–H groups in total. The molecule has 2 aromatic carbocycles. The monoisotopic (exact) mass is 480 g/mol. The summed E-state index contributed by atoms with van der Waals surface area (Å²) in [7, 11) is 0. The standard InChI is InChI=1S/C21H25IN2O3/c1-3-23-21(26)16(2)24(14-13-17-7-5-4-6-8-17)20(25)15-27-19-11-9-18(22)10-12-19/h4-12,16H,3,13-15H2,1-2H3,(H,23,26). The fourth-order valence-corrected chi connectivity index (χ4v) is 3.01. The lowest BCUT2D eigenvalue weighted by molar-refractivity contribution is -0.141. The van der Waals surface area contributed by atoms with Gasteiger partial charge in [0.15, 0.2) is 6.61 Å². The van der Waals surface area contributed by atoms with Gasteiger partial charge >= 0.3 is 0 Å². The summed E-state index contributed by atoms with van der Waals surface area (Å²) in [6.07, 6.45) is 0.680. The maximum Gasteiger partial charge on any atom is 0.261 e. The highest BCUT2D eigenvalue weighted by atomic mass is 127. The third kappa shape index (κ3) is 6.86. The second-order valence-electron chi connectivity index (χ2n) is 6.14. The van der Waals surface area contributed by atoms with Crippen LogP contribution in [0.5, 0.6) is 5.75 Å². The van der Waals surface area contributed by atoms with Crippen LogP contribution in [0.15, 0.2) is 54.6 Å². The molecule has 2 rings (SSSR count). The van der Waals surface area contributed by atoms with Gasteiger partial charge in [0, 0.05) is 16.7 Å². The Morgan fingerprint density at radius 3 is 2.41 bits per heavy atom. The zero-order valence-corrected chi connectivity index (χ0v) is 17.8. The Hall–Kier alpha value is -2.09. The number of halogens is 1. The maximum absolute atomic E-state index is 12.8. The number of hydrogen-bond donors (Lipinski definition) is 1. The van der Waals surface area contributed by atoms with Crippen LogP contribution < -0.4 is 10.1 Å². The average Bonchev–Trinajstić information content (AvgIpc) is 2.68. The Kier molecular flexibility index (Phi) is 8.57. The minimum Gasteiger partial charge on any atom is -0.484 e. The van der Waals surface area contributed by atoms with Crippen molar-refractivity contribution in [2.24, 2.45) is 0 Å². The van der Waals surface area contributed by atoms with E-state index in [-0.39, 0.29) is 18.4 Å². The first-order valence-electron chi connectivity index (χ1n) is 9.00. The van der Waals surface area contributed by atoms with E-state index in [1.807, 2.05) is 61.5 Å². The quantitative estimate of drug-likeness (QED) is 0.561. The zero-order chi connectivity index (χ0) is 19.6. The van der Waals surface area contributed by atoms with E-state index in [0.717, 1.165) is 9.13 Å². The van der Waals surface area contributed by atoms with Gasteiger partial charge in [-0.1, -0.05) is 30.3 Å². The number of carbonyl (C=O) groups excluding carboxylic acids is 2. The highest BCUT2D eigenvalue weighted by Crippen LogP contribution is 2.14. The van der Waals surface area contributed by atoms with Crippen molar-refractivity contribution in [3.05, 3.63) is 63.7 Å². The van der Waals surface area contributed by atoms with Gasteiger partial charge < -0.3 is 15.0 Å². The van der Waals surface area contributed by atoms with Crippen molar-refractivity contribution in [3.63, 3.8) is 0 Å². The molecular formula is C21H25IN2O3. The molecule has 1 atom stereocenters. The van der Waals surface area contributed by atoms with Crippen molar-refractivity contribution in [2.45, 2.75) is 26.3 Å². The summed E-state index contributed by atoms with van der Waals surface area (Å²) in [6, 6.07) is 16.9. The SMILES string of the molecule is CCNC(=O)C(C)N(CCc1ccccc1)C(=O)COc1ccc(I)cc1. The average molecular weight is 480 g/mol. The summed E-state index contributed by atoms with van der Waals surface area (Å²) >= 11 is 2.21. The van der Waals surface area contributed by atoms with E-state index in [9.17, 15) is 9.59 Å². The summed E-state index contributed by atoms with van der Waals surface area (Å²) in [5.74, 6) is 0.272. The lowest BCUT2D eigenvalue weighted by Crippen LogP contribution is -2.50. The Morgan fingerprint density at radius 1 is 1.11 bits per heavy atom. The van der Waals surface area contributed by atoms with Gasteiger partial charge in [0.25, 0.3) is 5.91 Å². The molecule has 0 saturated heterocycles. The molecule has 6 heteroatoms. The van der Waals surface area contributed by atoms with E-state index < -0.39 is 6.04 Å². The summed E-state index contributed by atoms with van der Waals surface area (Å²) < 4.78 is 6.72. The lowest BCUT2D eigenvalue weighted by Gasteiger charge is -2.28. The molecule has 0 heterocycles. The van der Waals surface area contributed by atoms with Crippen LogP contribution in [0.25, 0.3) is 0 Å². The number of carbonyl (C=O) groups is 2. The van der Waals surface area contributed by atoms with Crippen LogP contribution >= 0.6 is 22.6 Å². The van der Waals surface area contributed by atoms with Crippen LogP contribution in [-0.2, 0) is 16.0 Å². The highest BCUT2D eigenvalue weighted by Gasteiger charge is 2.25. The van der Waals surface area contributed by atoms with Gasteiger partial charge in [-0.15, -0.1) is 0 Å². The maximum atomic E-state index is 12.8. The summed E-state index contributed by atoms with van der Waals surface area (Å²) in [4.78, 5) is 26.6. The lowest BCUT2D eigenvalue weighted by atomic mass is 10.1. The topological polar surface area (TPSA) is 58.6 Å². The van der Waals surface area contributed by atoms with Gasteiger partial charge in [0.1, 0.15) is 11.8 Å². The zero-order valence-electron chi connectivity index (χ0n) is 15.7. The number of likely N-dealkylation sites (N-methyl/N-ethyl adjacent to an activating group) is 1. The van der Waals surface area contributed by atoms with E-state index in [1.54, 1.807) is 11.8 Å². The molecule has 0 bridgehead atoms. The van der Waals surface area contributed by atoms with Crippen LogP contribution in [0.2, 0.25) is 0 Å². The van der Waals surface area contributed by atoms with Crippen LogP contribution in [0.3, 0.4) is 0 Å². The van der Waals surface area contributed by atoms with Crippen molar-refractivity contribution in [1.82, 2.24) is 10.2 Å². The van der Waals surface area contributed by atoms with Crippen LogP contribution in [0, 0.1) is 3.57 Å². The van der Waals surface area contributed by atoms with E-state index >= 15 is 0 Å². The molecule has 0 saturated carbocycles. The Bertz CT molecular complexity index is 735. The van der Waals surface area contributed by atoms with Crippen molar-refractivity contribution in [3.8, 4) is 5.75 Å². The first-order chi connectivity index (χ1) is 13.0. The molecule has 0 spiro atoms. The summed E-state index contributed by atoms with van der Waals surface area (Å²) in [5, 5.41) is 2.78. The second kappa shape index (κ2) is 10.9. The Balaban J connectivity index is 2.03. The van der Waals surface area contributed by atoms with Gasteiger partial charge in [0.2, 0.25) is 5.91 Å². The number of amides is 2. The number of hydrogen-bond acceptors (Lipinski definition) is 3. The number of nitrogens with one attached hydrogen (secondary N) is 1. The van der Waals surface area contributed by atoms with Crippen LogP contribution in [-0.4, -0.2) is 42.5 Å². The molecule has 0 aliphatic heterocycles. The van der Waals surface area contributed by atoms with Crippen molar-refractivity contribution in [1.29, 1.82) is 0 Å². The number of benzene rings is 2. The molecule has 0 fully saturated rings. The predicted molar refractivity (Wildman–Crippen MR) is 115 cm³/mol. The fraction of sp³-hybridized carbons (Fsp3) is 0.333. The normalized spacial score (nSPS) is 11.5. The number of rotatable bonds is 9. The van der Waals surface area contributed by atoms with Crippen molar-refractivity contribution < 1.29 is 14.3 Å². The summed E-state index contributed by atoms with van der Waals surface area (Å²) in [6.45, 7) is 4.50. The van der Waals surface area contributed by atoms with Gasteiger partial charge in [-0.05, 0) is 72.7 Å². The highest BCUT2D eigenvalue weighted by molar-refractivity contribution is 14.1. The Morgan fingerprint density at radius 2 is 1.78 bits per heavy atom. The molecule has 1 unspecified atom stereocenters. The molecule has 0 radical (unpaired) electrons. The Labute approximate surface area is 174 Å². The largest absolute Gasteiger partial charge is 0.484 e. The van der Waals surface area contributed by atoms with Gasteiger partial charge in [-0.25, -0.2) is 0 Å². The van der Waals surface area contributed by atoms with E-state index in [4.69, 9.17) is 4.74 Å². The third-order valence-electron chi connectivity index (χ3n) is 4.18. The first kappa shape index (κ1) is 21.2. The predicted octanol–water partition coefficient (Wildman–Crippen LogP) is 3.27. The van der Waals surface area contributed by atoms with Crippen molar-refractivity contribution >= 4 is 34.4 Å². The number of ether oxygens (including phenoxy) is 1. The molecule has 0 aromatic heterocycles. The molecule has 5 nitrogen and oxygen atoms in total. The van der Waals surface area contributed by atoms with Crippen molar-refractivity contribution in [2.75, 3.05) is 19.7 Å². The molecule has 27 heavy (non-hydrogen) atoms. The smallest absolute Gasteiger partial charge is 0.261 e. The van der Waals surface area contributed by atoms with E-state index in [0.29, 0.717) is 25.3 Å². The van der Waals surface area contributed by atoms with E-state index in [1.165, 1.54) is 0 Å². The molecule has 2 aromatic rings. The third-order valence-corrected chi connectivity index (χ3v) is 4.90. The number of nitrogens with zero attached hydrogens (tertiary/aromatic N) is 1. The second-order valence-corrected chi connectivity index (χ2v) is 7.38. The molecular weight excluding hydrogens is 455 g/mol. The van der Waals surface area contributed by atoms with E-state index in [2.05, 4.69) is 27.9 Å². The minimum absolute atomic E-state index is 0.0981. The first-order valence-corrected chi connectivity index (χ1v) is 10.1. The summed E-state index contributed by atoms with van der Waals surface area (Å²) in [5.41, 5.74) is 1.12. The van der Waals surface area contributed by atoms with Gasteiger partial charge in [-0.3, -0.25) is 9.59 Å². The molecule has 2 amide bonds. The van der Waals surface area contributed by atoms with Gasteiger partial charge in [-0.2, -0.15) is 0 Å². The minimum atomic E-state index is -0.554. The molecule has 0 aliphatic carbocycles. The van der Waals surface area contributed by atoms with Gasteiger partial charge in [0.05, 0.1) is 0 Å². The molecule has 144 valence electrons. The van der Waals surface area contributed by atoms with Crippen LogP contribution in [0.1, 0.15) is 19.4 Å². The fourth-order valence-electron chi connectivity index (χ4n) is 2.65. The van der Waals surface area contributed by atoms with Crippen LogP contribution in [0.4, 0.5) is 0 Å².